The lowest BCUT2D eigenvalue weighted by molar-refractivity contribution is -0.120. The van der Waals surface area contributed by atoms with Crippen LogP contribution < -0.4 is 15.1 Å². The molecular formula is C20H31IN4O4. The summed E-state index contributed by atoms with van der Waals surface area (Å²) in [5.74, 6) is 0.169. The van der Waals surface area contributed by atoms with E-state index in [1.165, 1.54) is 14.0 Å². The van der Waals surface area contributed by atoms with Gasteiger partial charge >= 0.3 is 0 Å². The lowest BCUT2D eigenvalue weighted by Crippen LogP contribution is -2.51. The molecule has 2 amide bonds. The normalized spacial score (nSPS) is 14.7. The first-order valence-corrected chi connectivity index (χ1v) is 11.0. The topological polar surface area (TPSA) is 74.4 Å². The van der Waals surface area contributed by atoms with E-state index in [2.05, 4.69) is 46.7 Å². The smallest absolute Gasteiger partial charge is 0.255 e. The molecule has 1 fully saturated rings. The van der Waals surface area contributed by atoms with Crippen molar-refractivity contribution in [3.63, 3.8) is 0 Å². The fourth-order valence-electron chi connectivity index (χ4n) is 3.29. The van der Waals surface area contributed by atoms with E-state index in [1.54, 1.807) is 17.1 Å². The number of carbonyl (C=O) groups excluding carboxylic acids is 2. The minimum absolute atomic E-state index is 0.0942. The molecule has 0 spiro atoms. The highest BCUT2D eigenvalue weighted by Gasteiger charge is 2.26. The molecule has 0 bridgehead atoms. The predicted molar refractivity (Wildman–Crippen MR) is 121 cm³/mol. The number of carbonyl (C=O) groups is 2. The van der Waals surface area contributed by atoms with E-state index in [1.807, 2.05) is 5.01 Å². The number of ether oxygens (including phenoxy) is 2. The van der Waals surface area contributed by atoms with Crippen molar-refractivity contribution in [3.05, 3.63) is 21.3 Å². The standard InChI is InChI=1S/C20H31IN4O4/c1-5-23(6-2)8-7-22-20(27)16-13-17(21)18(14-19(16)28-4)25(15(3)26)24-9-11-29-12-10-24/h13-14H,5-12H2,1-4H3,(H,22,27). The van der Waals surface area contributed by atoms with Gasteiger partial charge in [0.1, 0.15) is 5.75 Å². The van der Waals surface area contributed by atoms with E-state index in [9.17, 15) is 9.59 Å². The van der Waals surface area contributed by atoms with Crippen LogP contribution in [0.25, 0.3) is 0 Å². The van der Waals surface area contributed by atoms with Crippen molar-refractivity contribution >= 4 is 40.1 Å². The number of anilines is 1. The highest BCUT2D eigenvalue weighted by atomic mass is 127. The average molecular weight is 518 g/mol. The molecule has 1 aliphatic rings. The number of methoxy groups -OCH3 is 1. The van der Waals surface area contributed by atoms with E-state index < -0.39 is 0 Å². The minimum Gasteiger partial charge on any atom is -0.496 e. The van der Waals surface area contributed by atoms with Crippen LogP contribution in [0.5, 0.6) is 5.75 Å². The summed E-state index contributed by atoms with van der Waals surface area (Å²) < 4.78 is 11.7. The maximum Gasteiger partial charge on any atom is 0.255 e. The van der Waals surface area contributed by atoms with Crippen molar-refractivity contribution in [2.24, 2.45) is 0 Å². The van der Waals surface area contributed by atoms with Gasteiger partial charge in [-0.15, -0.1) is 0 Å². The van der Waals surface area contributed by atoms with Crippen LogP contribution in [0.1, 0.15) is 31.1 Å². The Bertz CT molecular complexity index is 706. The van der Waals surface area contributed by atoms with Gasteiger partial charge in [0.25, 0.3) is 5.91 Å². The zero-order valence-electron chi connectivity index (χ0n) is 17.7. The van der Waals surface area contributed by atoms with Crippen LogP contribution >= 0.6 is 22.6 Å². The third kappa shape index (κ3) is 6.27. The molecule has 8 nitrogen and oxygen atoms in total. The Hall–Kier alpha value is -1.43. The number of hydrazine groups is 1. The van der Waals surface area contributed by atoms with Crippen LogP contribution in [-0.4, -0.2) is 81.3 Å². The summed E-state index contributed by atoms with van der Waals surface area (Å²) in [7, 11) is 1.53. The predicted octanol–water partition coefficient (Wildman–Crippen LogP) is 1.97. The Morgan fingerprint density at radius 3 is 2.45 bits per heavy atom. The largest absolute Gasteiger partial charge is 0.496 e. The number of nitrogens with one attached hydrogen (secondary N) is 1. The third-order valence-electron chi connectivity index (χ3n) is 4.92. The number of benzene rings is 1. The number of halogens is 1. The van der Waals surface area contributed by atoms with Crippen LogP contribution in [0.4, 0.5) is 5.69 Å². The van der Waals surface area contributed by atoms with E-state index in [4.69, 9.17) is 9.47 Å². The minimum atomic E-state index is -0.181. The molecule has 1 aliphatic heterocycles. The monoisotopic (exact) mass is 518 g/mol. The highest BCUT2D eigenvalue weighted by Crippen LogP contribution is 2.32. The molecule has 0 atom stereocenters. The Kier molecular flexibility index (Phi) is 9.60. The molecule has 29 heavy (non-hydrogen) atoms. The molecule has 1 saturated heterocycles. The molecular weight excluding hydrogens is 487 g/mol. The van der Waals surface area contributed by atoms with Crippen molar-refractivity contribution in [2.75, 3.05) is 64.6 Å². The molecule has 0 aliphatic carbocycles. The Labute approximate surface area is 186 Å². The van der Waals surface area contributed by atoms with E-state index in [0.29, 0.717) is 49.8 Å². The number of nitrogens with zero attached hydrogens (tertiary/aromatic N) is 3. The quantitative estimate of drug-likeness (QED) is 0.505. The van der Waals surface area contributed by atoms with Gasteiger partial charge in [0, 0.05) is 42.7 Å². The van der Waals surface area contributed by atoms with Gasteiger partial charge in [0.05, 0.1) is 31.6 Å². The summed E-state index contributed by atoms with van der Waals surface area (Å²) in [6.07, 6.45) is 0. The first-order chi connectivity index (χ1) is 13.9. The number of morpholine rings is 1. The number of hydrogen-bond acceptors (Lipinski definition) is 6. The van der Waals surface area contributed by atoms with Crippen LogP contribution in [0.2, 0.25) is 0 Å². The van der Waals surface area contributed by atoms with E-state index in [0.717, 1.165) is 23.2 Å². The SMILES string of the molecule is CCN(CC)CCNC(=O)c1cc(I)c(N(C(C)=O)N2CCOCC2)cc1OC. The second kappa shape index (κ2) is 11.7. The Balaban J connectivity index is 2.23. The summed E-state index contributed by atoms with van der Waals surface area (Å²) in [5, 5.41) is 6.58. The molecule has 2 rings (SSSR count). The van der Waals surface area contributed by atoms with E-state index in [-0.39, 0.29) is 11.8 Å². The van der Waals surface area contributed by atoms with Gasteiger partial charge in [0.2, 0.25) is 5.91 Å². The van der Waals surface area contributed by atoms with Crippen molar-refractivity contribution in [1.29, 1.82) is 0 Å². The Morgan fingerprint density at radius 2 is 1.90 bits per heavy atom. The van der Waals surface area contributed by atoms with Gasteiger partial charge < -0.3 is 19.7 Å². The summed E-state index contributed by atoms with van der Waals surface area (Å²) >= 11 is 2.16. The highest BCUT2D eigenvalue weighted by molar-refractivity contribution is 14.1. The van der Waals surface area contributed by atoms with Crippen LogP contribution in [-0.2, 0) is 9.53 Å². The summed E-state index contributed by atoms with van der Waals surface area (Å²) in [5.41, 5.74) is 1.17. The van der Waals surface area contributed by atoms with Crippen molar-refractivity contribution < 1.29 is 19.1 Å². The maximum absolute atomic E-state index is 12.7. The van der Waals surface area contributed by atoms with Gasteiger partial charge in [-0.3, -0.25) is 9.59 Å². The van der Waals surface area contributed by atoms with Crippen LogP contribution in [0.3, 0.4) is 0 Å². The molecule has 9 heteroatoms. The summed E-state index contributed by atoms with van der Waals surface area (Å²) in [6, 6.07) is 3.54. The molecule has 162 valence electrons. The molecule has 0 saturated carbocycles. The Morgan fingerprint density at radius 1 is 1.24 bits per heavy atom. The summed E-state index contributed by atoms with van der Waals surface area (Å²) in [6.45, 7) is 11.4. The van der Waals surface area contributed by atoms with Crippen LogP contribution in [0, 0.1) is 3.57 Å². The number of likely N-dealkylation sites (N-methyl/N-ethyl adjacent to an activating group) is 1. The van der Waals surface area contributed by atoms with Gasteiger partial charge in [-0.25, -0.2) is 10.0 Å². The number of amides is 2. The molecule has 1 aromatic rings. The van der Waals surface area contributed by atoms with Crippen molar-refractivity contribution in [2.45, 2.75) is 20.8 Å². The molecule has 1 aromatic carbocycles. The van der Waals surface area contributed by atoms with Gasteiger partial charge in [-0.05, 0) is 41.7 Å². The van der Waals surface area contributed by atoms with Gasteiger partial charge in [0.15, 0.2) is 0 Å². The zero-order valence-corrected chi connectivity index (χ0v) is 19.8. The third-order valence-corrected chi connectivity index (χ3v) is 5.78. The van der Waals surface area contributed by atoms with Gasteiger partial charge in [-0.2, -0.15) is 0 Å². The van der Waals surface area contributed by atoms with Gasteiger partial charge in [-0.1, -0.05) is 13.8 Å². The van der Waals surface area contributed by atoms with E-state index >= 15 is 0 Å². The van der Waals surface area contributed by atoms with Crippen molar-refractivity contribution in [1.82, 2.24) is 15.2 Å². The molecule has 0 aromatic heterocycles. The lowest BCUT2D eigenvalue weighted by atomic mass is 10.1. The first kappa shape index (κ1) is 23.8. The molecule has 0 unspecified atom stereocenters. The first-order valence-electron chi connectivity index (χ1n) is 9.94. The fourth-order valence-corrected chi connectivity index (χ4v) is 3.98. The second-order valence-corrected chi connectivity index (χ2v) is 7.85. The molecule has 0 radical (unpaired) electrons. The number of hydrogen-bond donors (Lipinski definition) is 1. The molecule has 1 heterocycles. The maximum atomic E-state index is 12.7. The zero-order chi connectivity index (χ0) is 21.4. The summed E-state index contributed by atoms with van der Waals surface area (Å²) in [4.78, 5) is 27.4. The number of rotatable bonds is 9. The fraction of sp³-hybridized carbons (Fsp3) is 0.600. The average Bonchev–Trinajstić information content (AvgIpc) is 2.72. The van der Waals surface area contributed by atoms with Crippen molar-refractivity contribution in [3.8, 4) is 5.75 Å². The molecule has 1 N–H and O–H groups in total. The second-order valence-electron chi connectivity index (χ2n) is 6.68. The lowest BCUT2D eigenvalue weighted by Gasteiger charge is -2.37. The van der Waals surface area contributed by atoms with Crippen LogP contribution in [0.15, 0.2) is 12.1 Å².